The quantitative estimate of drug-likeness (QED) is 0.165. The third-order valence-electron chi connectivity index (χ3n) is 15.4. The summed E-state index contributed by atoms with van der Waals surface area (Å²) >= 11 is 0. The lowest BCUT2D eigenvalue weighted by Crippen LogP contribution is -1.98. The first-order chi connectivity index (χ1) is 35.7. The molecule has 0 aliphatic rings. The first-order valence-corrected chi connectivity index (χ1v) is 24.7. The highest BCUT2D eigenvalue weighted by atomic mass is 15.0. The van der Waals surface area contributed by atoms with Crippen molar-refractivity contribution in [2.75, 3.05) is 0 Å². The number of rotatable bonds is 4. The van der Waals surface area contributed by atoms with Crippen molar-refractivity contribution >= 4 is 119 Å². The summed E-state index contributed by atoms with van der Waals surface area (Å²) in [6, 6.07) is 88.7. The molecule has 13 aromatic carbocycles. The van der Waals surface area contributed by atoms with Gasteiger partial charge in [0.25, 0.3) is 0 Å². The maximum atomic E-state index is 5.42. The van der Waals surface area contributed by atoms with Crippen LogP contribution in [0, 0.1) is 0 Å². The number of para-hydroxylation sites is 3. The van der Waals surface area contributed by atoms with E-state index in [1.165, 1.54) is 92.0 Å². The first kappa shape index (κ1) is 39.2. The summed E-state index contributed by atoms with van der Waals surface area (Å²) in [6.07, 6.45) is 0. The van der Waals surface area contributed by atoms with Crippen LogP contribution in [0.25, 0.3) is 153 Å². The lowest BCUT2D eigenvalue weighted by molar-refractivity contribution is 1.18. The van der Waals surface area contributed by atoms with Gasteiger partial charge < -0.3 is 9.13 Å². The molecule has 0 bridgehead atoms. The summed E-state index contributed by atoms with van der Waals surface area (Å²) < 4.78 is 4.96. The van der Waals surface area contributed by atoms with Gasteiger partial charge >= 0.3 is 0 Å². The van der Waals surface area contributed by atoms with Crippen molar-refractivity contribution < 1.29 is 0 Å². The van der Waals surface area contributed by atoms with Gasteiger partial charge in [-0.3, -0.25) is 0 Å². The van der Waals surface area contributed by atoms with Crippen LogP contribution >= 0.6 is 0 Å². The summed E-state index contributed by atoms with van der Waals surface area (Å²) in [5.41, 5.74) is 12.6. The molecule has 332 valence electrons. The third kappa shape index (κ3) is 5.63. The van der Waals surface area contributed by atoms with E-state index in [2.05, 4.69) is 240 Å². The molecule has 0 unspecified atom stereocenters. The average molecular weight is 913 g/mol. The zero-order valence-corrected chi connectivity index (χ0v) is 38.9. The van der Waals surface area contributed by atoms with Crippen LogP contribution < -0.4 is 0 Å². The Morgan fingerprint density at radius 3 is 1.51 bits per heavy atom. The van der Waals surface area contributed by atoms with E-state index >= 15 is 0 Å². The topological polar surface area (TPSA) is 35.6 Å². The highest BCUT2D eigenvalue weighted by molar-refractivity contribution is 6.26. The molecule has 0 atom stereocenters. The monoisotopic (exact) mass is 912 g/mol. The molecular formula is C68H40N4. The number of hydrogen-bond donors (Lipinski definition) is 0. The van der Waals surface area contributed by atoms with Crippen LogP contribution in [0.2, 0.25) is 0 Å². The molecule has 3 aromatic heterocycles. The smallest absolute Gasteiger partial charge is 0.0973 e. The normalized spacial score (nSPS) is 12.2. The van der Waals surface area contributed by atoms with Crippen LogP contribution in [0.3, 0.4) is 0 Å². The Morgan fingerprint density at radius 2 is 0.778 bits per heavy atom. The van der Waals surface area contributed by atoms with Gasteiger partial charge in [0, 0.05) is 49.1 Å². The second-order valence-electron chi connectivity index (χ2n) is 19.3. The van der Waals surface area contributed by atoms with E-state index in [1.54, 1.807) is 0 Å². The molecule has 4 heteroatoms. The summed E-state index contributed by atoms with van der Waals surface area (Å²) in [4.78, 5) is 10.8. The molecule has 0 radical (unpaired) electrons. The second-order valence-corrected chi connectivity index (χ2v) is 19.3. The van der Waals surface area contributed by atoms with Gasteiger partial charge in [0.2, 0.25) is 0 Å². The first-order valence-electron chi connectivity index (χ1n) is 24.7. The fourth-order valence-electron chi connectivity index (χ4n) is 12.2. The molecule has 3 heterocycles. The van der Waals surface area contributed by atoms with Gasteiger partial charge in [0.05, 0.1) is 50.2 Å². The van der Waals surface area contributed by atoms with Crippen molar-refractivity contribution in [2.45, 2.75) is 0 Å². The molecule has 72 heavy (non-hydrogen) atoms. The number of nitrogens with zero attached hydrogens (tertiary/aromatic N) is 4. The lowest BCUT2D eigenvalue weighted by Gasteiger charge is -2.15. The Balaban J connectivity index is 0.907. The molecular weight excluding hydrogens is 873 g/mol. The van der Waals surface area contributed by atoms with Gasteiger partial charge in [-0.2, -0.15) is 0 Å². The largest absolute Gasteiger partial charge is 0.309 e. The van der Waals surface area contributed by atoms with Gasteiger partial charge in [-0.15, -0.1) is 0 Å². The summed E-state index contributed by atoms with van der Waals surface area (Å²) in [5, 5.41) is 19.6. The van der Waals surface area contributed by atoms with Crippen LogP contribution in [0.5, 0.6) is 0 Å². The molecule has 0 aliphatic heterocycles. The number of fused-ring (bicyclic) bond motifs is 17. The highest BCUT2D eigenvalue weighted by Gasteiger charge is 2.21. The highest BCUT2D eigenvalue weighted by Crippen LogP contribution is 2.43. The van der Waals surface area contributed by atoms with E-state index in [0.717, 1.165) is 61.2 Å². The van der Waals surface area contributed by atoms with Crippen LogP contribution in [-0.2, 0) is 0 Å². The fourth-order valence-corrected chi connectivity index (χ4v) is 12.2. The molecule has 0 saturated carbocycles. The number of hydrogen-bond acceptors (Lipinski definition) is 2. The van der Waals surface area contributed by atoms with E-state index in [9.17, 15) is 0 Å². The zero-order chi connectivity index (χ0) is 47.0. The van der Waals surface area contributed by atoms with Crippen LogP contribution in [0.15, 0.2) is 243 Å². The van der Waals surface area contributed by atoms with Crippen molar-refractivity contribution in [1.29, 1.82) is 0 Å². The standard InChI is InChI=1S/C68H40N4/c1-2-16-43-39-65-58(37-42(43)15-1)59-40-47(71-63-26-12-9-23-55(63)56-34-28-41-14-3-4-18-49(41)68(56)71)31-35-64(59)72(65)62-27-13-17-44-36-45(29-32-48(44)62)66-67(70-61-25-11-10-24-60(61)69-66)46-30-33-54-52-21-6-5-19-50(52)51-20-7-8-22-53(51)57(54)38-46/h1-40H. The van der Waals surface area contributed by atoms with Gasteiger partial charge in [-0.25, -0.2) is 9.97 Å². The van der Waals surface area contributed by atoms with Crippen molar-refractivity contribution in [3.63, 3.8) is 0 Å². The van der Waals surface area contributed by atoms with Gasteiger partial charge in [-0.1, -0.05) is 176 Å². The summed E-state index contributed by atoms with van der Waals surface area (Å²) in [6.45, 7) is 0. The van der Waals surface area contributed by atoms with E-state index in [1.807, 2.05) is 12.1 Å². The Kier molecular flexibility index (Phi) is 8.14. The van der Waals surface area contributed by atoms with E-state index in [0.29, 0.717) is 0 Å². The Morgan fingerprint density at radius 1 is 0.250 bits per heavy atom. The summed E-state index contributed by atoms with van der Waals surface area (Å²) in [7, 11) is 0. The molecule has 0 N–H and O–H groups in total. The maximum absolute atomic E-state index is 5.42. The van der Waals surface area contributed by atoms with Gasteiger partial charge in [0.1, 0.15) is 0 Å². The van der Waals surface area contributed by atoms with Gasteiger partial charge in [0.15, 0.2) is 0 Å². The second kappa shape index (κ2) is 14.9. The van der Waals surface area contributed by atoms with Crippen molar-refractivity contribution in [3.05, 3.63) is 243 Å². The fraction of sp³-hybridized carbons (Fsp3) is 0. The molecule has 0 fully saturated rings. The SMILES string of the molecule is c1ccc2cc3c(cc2c1)c1cc(-n2c4ccccc4c4ccc5ccccc5c42)ccc1n3-c1cccc2cc(-c3nc4ccccc4nc3-c3ccc4c5ccccc5c5ccccc5c4c3)ccc12. The molecule has 16 rings (SSSR count). The molecule has 0 amide bonds. The third-order valence-corrected chi connectivity index (χ3v) is 15.4. The maximum Gasteiger partial charge on any atom is 0.0973 e. The van der Waals surface area contributed by atoms with Crippen LogP contribution in [0.1, 0.15) is 0 Å². The molecule has 16 aromatic rings. The van der Waals surface area contributed by atoms with Crippen LogP contribution in [0.4, 0.5) is 0 Å². The average Bonchev–Trinajstić information content (AvgIpc) is 3.96. The Labute approximate surface area is 412 Å². The Hall–Kier alpha value is -9.64. The van der Waals surface area contributed by atoms with Crippen LogP contribution in [-0.4, -0.2) is 19.1 Å². The zero-order valence-electron chi connectivity index (χ0n) is 38.9. The molecule has 0 spiro atoms. The Bertz CT molecular complexity index is 4960. The lowest BCUT2D eigenvalue weighted by atomic mass is 9.92. The van der Waals surface area contributed by atoms with Crippen molar-refractivity contribution in [1.82, 2.24) is 19.1 Å². The predicted octanol–water partition coefficient (Wildman–Crippen LogP) is 18.1. The van der Waals surface area contributed by atoms with Gasteiger partial charge in [-0.05, 0) is 121 Å². The number of aromatic nitrogens is 4. The number of benzene rings is 13. The molecule has 0 aliphatic carbocycles. The molecule has 4 nitrogen and oxygen atoms in total. The minimum atomic E-state index is 0.860. The van der Waals surface area contributed by atoms with E-state index in [4.69, 9.17) is 9.97 Å². The minimum absolute atomic E-state index is 0.860. The van der Waals surface area contributed by atoms with Crippen molar-refractivity contribution in [3.8, 4) is 33.9 Å². The molecule has 0 saturated heterocycles. The van der Waals surface area contributed by atoms with E-state index in [-0.39, 0.29) is 0 Å². The van der Waals surface area contributed by atoms with Crippen molar-refractivity contribution in [2.24, 2.45) is 0 Å². The minimum Gasteiger partial charge on any atom is -0.309 e. The predicted molar refractivity (Wildman–Crippen MR) is 304 cm³/mol. The summed E-state index contributed by atoms with van der Waals surface area (Å²) in [5.74, 6) is 0. The van der Waals surface area contributed by atoms with E-state index < -0.39 is 0 Å².